The van der Waals surface area contributed by atoms with Crippen molar-refractivity contribution in [1.82, 2.24) is 0 Å². The molecule has 0 heterocycles. The van der Waals surface area contributed by atoms with Gasteiger partial charge in [0, 0.05) is 11.4 Å². The van der Waals surface area contributed by atoms with Crippen LogP contribution in [0.2, 0.25) is 5.02 Å². The van der Waals surface area contributed by atoms with E-state index < -0.39 is 0 Å². The molecule has 1 rings (SSSR count). The summed E-state index contributed by atoms with van der Waals surface area (Å²) >= 11 is 5.90. The normalized spacial score (nSPS) is 12.5. The van der Waals surface area contributed by atoms with Crippen molar-refractivity contribution in [1.29, 1.82) is 0 Å². The topological polar surface area (TPSA) is 43.1 Å². The van der Waals surface area contributed by atoms with E-state index in [4.69, 9.17) is 17.3 Å². The molecule has 0 aliphatic heterocycles. The monoisotopic (exact) mass is 225 g/mol. The molecular weight excluding hydrogens is 210 g/mol. The molecule has 0 bridgehead atoms. The van der Waals surface area contributed by atoms with Crippen LogP contribution in [0.25, 0.3) is 0 Å². The minimum absolute atomic E-state index is 0.0826. The van der Waals surface area contributed by atoms with Crippen LogP contribution >= 0.6 is 11.6 Å². The molecule has 0 radical (unpaired) electrons. The van der Waals surface area contributed by atoms with E-state index in [-0.39, 0.29) is 11.8 Å². The van der Waals surface area contributed by atoms with Crippen LogP contribution in [0.5, 0.6) is 0 Å². The first-order chi connectivity index (χ1) is 7.04. The number of halogens is 1. The molecule has 82 valence electrons. The second-order valence-electron chi connectivity index (χ2n) is 3.74. The first-order valence-electron chi connectivity index (χ1n) is 5.08. The number of ketones is 1. The van der Waals surface area contributed by atoms with Crippen LogP contribution in [-0.2, 0) is 11.2 Å². The quantitative estimate of drug-likeness (QED) is 0.856. The second-order valence-corrected chi connectivity index (χ2v) is 4.15. The van der Waals surface area contributed by atoms with Crippen LogP contribution in [0.4, 0.5) is 0 Å². The Kier molecular flexibility index (Phi) is 4.30. The minimum atomic E-state index is -0.346. The van der Waals surface area contributed by atoms with Gasteiger partial charge < -0.3 is 5.73 Å². The number of benzene rings is 1. The molecule has 0 aliphatic rings. The van der Waals surface area contributed by atoms with Crippen LogP contribution in [-0.4, -0.2) is 11.8 Å². The highest BCUT2D eigenvalue weighted by Crippen LogP contribution is 2.16. The number of carbonyl (C=O) groups excluding carboxylic acids is 1. The van der Waals surface area contributed by atoms with Crippen molar-refractivity contribution in [3.8, 4) is 0 Å². The zero-order chi connectivity index (χ0) is 11.4. The average Bonchev–Trinajstić information content (AvgIpc) is 2.22. The molecule has 0 saturated carbocycles. The van der Waals surface area contributed by atoms with Crippen molar-refractivity contribution >= 4 is 17.4 Å². The number of hydrogen-bond acceptors (Lipinski definition) is 2. The maximum atomic E-state index is 11.6. The van der Waals surface area contributed by atoms with Crippen LogP contribution < -0.4 is 5.73 Å². The fourth-order valence-electron chi connectivity index (χ4n) is 1.38. The summed E-state index contributed by atoms with van der Waals surface area (Å²) in [5.41, 5.74) is 7.63. The highest BCUT2D eigenvalue weighted by atomic mass is 35.5. The van der Waals surface area contributed by atoms with Crippen molar-refractivity contribution < 1.29 is 4.79 Å². The van der Waals surface area contributed by atoms with Gasteiger partial charge in [-0.05, 0) is 30.5 Å². The molecule has 1 aromatic rings. The number of aryl methyl sites for hydroxylation is 1. The smallest absolute Gasteiger partial charge is 0.153 e. The predicted molar refractivity (Wildman–Crippen MR) is 63.2 cm³/mol. The summed E-state index contributed by atoms with van der Waals surface area (Å²) in [4.78, 5) is 11.6. The first-order valence-corrected chi connectivity index (χ1v) is 5.45. The van der Waals surface area contributed by atoms with Gasteiger partial charge >= 0.3 is 0 Å². The Morgan fingerprint density at radius 3 is 2.73 bits per heavy atom. The van der Waals surface area contributed by atoms with Gasteiger partial charge in [0.2, 0.25) is 0 Å². The van der Waals surface area contributed by atoms with Crippen LogP contribution in [0.1, 0.15) is 24.5 Å². The second kappa shape index (κ2) is 5.29. The summed E-state index contributed by atoms with van der Waals surface area (Å²) in [7, 11) is 0. The Labute approximate surface area is 95.4 Å². The van der Waals surface area contributed by atoms with Crippen LogP contribution in [0.3, 0.4) is 0 Å². The number of carbonyl (C=O) groups is 1. The largest absolute Gasteiger partial charge is 0.322 e. The van der Waals surface area contributed by atoms with Gasteiger partial charge in [0.25, 0.3) is 0 Å². The fourth-order valence-corrected chi connectivity index (χ4v) is 1.49. The molecule has 0 unspecified atom stereocenters. The number of rotatable bonds is 4. The van der Waals surface area contributed by atoms with Gasteiger partial charge in [-0.15, -0.1) is 0 Å². The van der Waals surface area contributed by atoms with Crippen molar-refractivity contribution in [2.45, 2.75) is 32.7 Å². The molecule has 1 aromatic carbocycles. The number of hydrogen-bond donors (Lipinski definition) is 1. The van der Waals surface area contributed by atoms with Gasteiger partial charge in [-0.1, -0.05) is 30.7 Å². The molecule has 0 aromatic heterocycles. The standard InChI is InChI=1S/C12H16ClNO/c1-3-11(14)12(15)7-9-4-5-10(13)8(2)6-9/h4-6,11H,3,7,14H2,1-2H3/t11-/m1/s1. The SMILES string of the molecule is CC[C@@H](N)C(=O)Cc1ccc(Cl)c(C)c1. The molecule has 2 nitrogen and oxygen atoms in total. The van der Waals surface area contributed by atoms with E-state index in [1.54, 1.807) is 0 Å². The maximum Gasteiger partial charge on any atom is 0.153 e. The van der Waals surface area contributed by atoms with Gasteiger partial charge in [0.15, 0.2) is 5.78 Å². The summed E-state index contributed by atoms with van der Waals surface area (Å²) in [6.45, 7) is 3.84. The van der Waals surface area contributed by atoms with Crippen molar-refractivity contribution in [3.05, 3.63) is 34.3 Å². The third-order valence-electron chi connectivity index (χ3n) is 2.45. The van der Waals surface area contributed by atoms with E-state index >= 15 is 0 Å². The molecule has 0 saturated heterocycles. The summed E-state index contributed by atoms with van der Waals surface area (Å²) in [6, 6.07) is 5.27. The van der Waals surface area contributed by atoms with Crippen LogP contribution in [0.15, 0.2) is 18.2 Å². The van der Waals surface area contributed by atoms with E-state index in [1.807, 2.05) is 32.0 Å². The summed E-state index contributed by atoms with van der Waals surface area (Å²) < 4.78 is 0. The molecule has 0 amide bonds. The van der Waals surface area contributed by atoms with Crippen molar-refractivity contribution in [2.75, 3.05) is 0 Å². The average molecular weight is 226 g/mol. The minimum Gasteiger partial charge on any atom is -0.322 e. The van der Waals surface area contributed by atoms with E-state index in [9.17, 15) is 4.79 Å². The van der Waals surface area contributed by atoms with E-state index in [2.05, 4.69) is 0 Å². The molecule has 0 aliphatic carbocycles. The Morgan fingerprint density at radius 1 is 1.53 bits per heavy atom. The molecule has 0 fully saturated rings. The Morgan fingerprint density at radius 2 is 2.20 bits per heavy atom. The summed E-state index contributed by atoms with van der Waals surface area (Å²) in [5, 5.41) is 0.728. The summed E-state index contributed by atoms with van der Waals surface area (Å²) in [5.74, 6) is 0.0826. The molecular formula is C12H16ClNO. The highest BCUT2D eigenvalue weighted by molar-refractivity contribution is 6.31. The molecule has 1 atom stereocenters. The van der Waals surface area contributed by atoms with E-state index in [1.165, 1.54) is 0 Å². The summed E-state index contributed by atoms with van der Waals surface area (Å²) in [6.07, 6.45) is 1.08. The third-order valence-corrected chi connectivity index (χ3v) is 2.88. The number of Topliss-reactive ketones (excluding diaryl/α,β-unsaturated/α-hetero) is 1. The fraction of sp³-hybridized carbons (Fsp3) is 0.417. The first kappa shape index (κ1) is 12.2. The molecule has 3 heteroatoms. The zero-order valence-corrected chi connectivity index (χ0v) is 9.84. The van der Waals surface area contributed by atoms with Gasteiger partial charge in [0.05, 0.1) is 6.04 Å². The van der Waals surface area contributed by atoms with Crippen molar-refractivity contribution in [2.24, 2.45) is 5.73 Å². The van der Waals surface area contributed by atoms with Gasteiger partial charge in [-0.3, -0.25) is 4.79 Å². The van der Waals surface area contributed by atoms with Crippen molar-refractivity contribution in [3.63, 3.8) is 0 Å². The highest BCUT2D eigenvalue weighted by Gasteiger charge is 2.11. The Balaban J connectivity index is 2.73. The zero-order valence-electron chi connectivity index (χ0n) is 9.09. The molecule has 0 spiro atoms. The molecule has 15 heavy (non-hydrogen) atoms. The lowest BCUT2D eigenvalue weighted by molar-refractivity contribution is -0.119. The lowest BCUT2D eigenvalue weighted by atomic mass is 10.0. The third kappa shape index (κ3) is 3.33. The Bertz CT molecular complexity index is 363. The van der Waals surface area contributed by atoms with Gasteiger partial charge in [0.1, 0.15) is 0 Å². The van der Waals surface area contributed by atoms with Gasteiger partial charge in [-0.2, -0.15) is 0 Å². The van der Waals surface area contributed by atoms with E-state index in [0.717, 1.165) is 16.1 Å². The maximum absolute atomic E-state index is 11.6. The van der Waals surface area contributed by atoms with E-state index in [0.29, 0.717) is 12.8 Å². The lowest BCUT2D eigenvalue weighted by Crippen LogP contribution is -2.30. The number of nitrogens with two attached hydrogens (primary N) is 1. The Hall–Kier alpha value is -0.860. The predicted octanol–water partition coefficient (Wildman–Crippen LogP) is 2.50. The molecule has 2 N–H and O–H groups in total. The van der Waals surface area contributed by atoms with Gasteiger partial charge in [-0.25, -0.2) is 0 Å². The lowest BCUT2D eigenvalue weighted by Gasteiger charge is -2.08. The van der Waals surface area contributed by atoms with Crippen LogP contribution in [0, 0.1) is 6.92 Å².